The second kappa shape index (κ2) is 6.05. The molecule has 0 saturated heterocycles. The van der Waals surface area contributed by atoms with Gasteiger partial charge in [-0.3, -0.25) is 0 Å². The van der Waals surface area contributed by atoms with Crippen LogP contribution in [0.15, 0.2) is 36.4 Å². The minimum Gasteiger partial charge on any atom is -0.392 e. The van der Waals surface area contributed by atoms with E-state index in [1.807, 2.05) is 0 Å². The van der Waals surface area contributed by atoms with Gasteiger partial charge in [-0.25, -0.2) is 17.6 Å². The Morgan fingerprint density at radius 3 is 2.15 bits per heavy atom. The molecule has 0 radical (unpaired) electrons. The van der Waals surface area contributed by atoms with Crippen LogP contribution >= 0.6 is 0 Å². The lowest BCUT2D eigenvalue weighted by Gasteiger charge is -2.12. The van der Waals surface area contributed by atoms with Crippen molar-refractivity contribution in [1.29, 1.82) is 0 Å². The van der Waals surface area contributed by atoms with Crippen molar-refractivity contribution in [3.05, 3.63) is 70.8 Å². The lowest BCUT2D eigenvalue weighted by molar-refractivity contribution is 0.171. The summed E-state index contributed by atoms with van der Waals surface area (Å²) < 4.78 is 53.2. The van der Waals surface area contributed by atoms with Crippen LogP contribution in [0.25, 0.3) is 0 Å². The van der Waals surface area contributed by atoms with Gasteiger partial charge in [0, 0.05) is 18.4 Å². The van der Waals surface area contributed by atoms with Crippen LogP contribution in [0.3, 0.4) is 0 Å². The third-order valence-corrected chi connectivity index (χ3v) is 2.96. The molecule has 0 fully saturated rings. The molecular formula is C15H12F4O. The van der Waals surface area contributed by atoms with Crippen molar-refractivity contribution < 1.29 is 22.7 Å². The summed E-state index contributed by atoms with van der Waals surface area (Å²) in [6.07, 6.45) is -1.75. The topological polar surface area (TPSA) is 20.2 Å². The lowest BCUT2D eigenvalue weighted by Crippen LogP contribution is -2.17. The summed E-state index contributed by atoms with van der Waals surface area (Å²) >= 11 is 0. The molecule has 0 spiro atoms. The average molecular weight is 284 g/mol. The van der Waals surface area contributed by atoms with Gasteiger partial charge in [-0.15, -0.1) is 0 Å². The first-order chi connectivity index (χ1) is 9.47. The van der Waals surface area contributed by atoms with E-state index in [2.05, 4.69) is 0 Å². The second-order valence-electron chi connectivity index (χ2n) is 4.50. The van der Waals surface area contributed by atoms with Gasteiger partial charge in [-0.05, 0) is 35.9 Å². The van der Waals surface area contributed by atoms with Crippen LogP contribution in [0, 0.1) is 23.3 Å². The maximum absolute atomic E-state index is 13.4. The molecule has 0 aliphatic rings. The van der Waals surface area contributed by atoms with Gasteiger partial charge in [0.15, 0.2) is 0 Å². The van der Waals surface area contributed by atoms with Crippen LogP contribution in [0.2, 0.25) is 0 Å². The van der Waals surface area contributed by atoms with Crippen molar-refractivity contribution in [2.24, 2.45) is 0 Å². The van der Waals surface area contributed by atoms with E-state index in [0.29, 0.717) is 0 Å². The van der Waals surface area contributed by atoms with Crippen LogP contribution in [-0.4, -0.2) is 11.2 Å². The fourth-order valence-corrected chi connectivity index (χ4v) is 1.99. The van der Waals surface area contributed by atoms with E-state index in [4.69, 9.17) is 0 Å². The van der Waals surface area contributed by atoms with E-state index in [0.717, 1.165) is 30.3 Å². The fraction of sp³-hybridized carbons (Fsp3) is 0.200. The Balaban J connectivity index is 2.13. The molecule has 0 heterocycles. The molecule has 106 valence electrons. The van der Waals surface area contributed by atoms with Crippen molar-refractivity contribution >= 4 is 0 Å². The van der Waals surface area contributed by atoms with E-state index in [1.165, 1.54) is 6.07 Å². The Morgan fingerprint density at radius 1 is 0.850 bits per heavy atom. The molecule has 2 aromatic rings. The number of aliphatic hydroxyl groups is 1. The molecule has 1 atom stereocenters. The summed E-state index contributed by atoms with van der Waals surface area (Å²) in [5.74, 6) is -2.85. The van der Waals surface area contributed by atoms with Gasteiger partial charge >= 0.3 is 0 Å². The van der Waals surface area contributed by atoms with Crippen molar-refractivity contribution in [1.82, 2.24) is 0 Å². The predicted octanol–water partition coefficient (Wildman–Crippen LogP) is 3.39. The highest BCUT2D eigenvalue weighted by molar-refractivity contribution is 5.23. The Morgan fingerprint density at radius 2 is 1.50 bits per heavy atom. The smallest absolute Gasteiger partial charge is 0.129 e. The van der Waals surface area contributed by atoms with Gasteiger partial charge in [0.1, 0.15) is 23.3 Å². The molecule has 2 rings (SSSR count). The van der Waals surface area contributed by atoms with E-state index < -0.39 is 29.4 Å². The van der Waals surface area contributed by atoms with Crippen LogP contribution < -0.4 is 0 Å². The molecular weight excluding hydrogens is 272 g/mol. The average Bonchev–Trinajstić information content (AvgIpc) is 2.38. The first kappa shape index (κ1) is 14.5. The molecule has 0 saturated carbocycles. The summed E-state index contributed by atoms with van der Waals surface area (Å²) in [6.45, 7) is 0. The zero-order valence-electron chi connectivity index (χ0n) is 10.4. The van der Waals surface area contributed by atoms with Gasteiger partial charge in [-0.1, -0.05) is 6.07 Å². The van der Waals surface area contributed by atoms with E-state index in [-0.39, 0.29) is 24.0 Å². The Labute approximate surface area is 113 Å². The van der Waals surface area contributed by atoms with E-state index >= 15 is 0 Å². The van der Waals surface area contributed by atoms with Crippen molar-refractivity contribution in [2.75, 3.05) is 0 Å². The number of benzene rings is 2. The largest absolute Gasteiger partial charge is 0.392 e. The maximum atomic E-state index is 13.4. The molecule has 1 nitrogen and oxygen atoms in total. The Hall–Kier alpha value is -1.88. The fourth-order valence-electron chi connectivity index (χ4n) is 1.99. The molecule has 0 amide bonds. The van der Waals surface area contributed by atoms with Gasteiger partial charge in [0.25, 0.3) is 0 Å². The van der Waals surface area contributed by atoms with E-state index in [9.17, 15) is 22.7 Å². The molecule has 0 bridgehead atoms. The summed E-state index contributed by atoms with van der Waals surface area (Å²) in [4.78, 5) is 0. The molecule has 5 heteroatoms. The van der Waals surface area contributed by atoms with Crippen molar-refractivity contribution in [3.8, 4) is 0 Å². The molecule has 0 aromatic heterocycles. The van der Waals surface area contributed by atoms with Crippen molar-refractivity contribution in [3.63, 3.8) is 0 Å². The molecule has 0 aliphatic heterocycles. The predicted molar refractivity (Wildman–Crippen MR) is 66.1 cm³/mol. The third-order valence-electron chi connectivity index (χ3n) is 2.96. The number of halogens is 4. The molecule has 0 aliphatic carbocycles. The second-order valence-corrected chi connectivity index (χ2v) is 4.50. The molecule has 2 aromatic carbocycles. The van der Waals surface area contributed by atoms with Crippen LogP contribution in [0.4, 0.5) is 17.6 Å². The van der Waals surface area contributed by atoms with Gasteiger partial charge in [-0.2, -0.15) is 0 Å². The van der Waals surface area contributed by atoms with Crippen LogP contribution in [0.5, 0.6) is 0 Å². The summed E-state index contributed by atoms with van der Waals surface area (Å²) in [6, 6.07) is 6.23. The Kier molecular flexibility index (Phi) is 4.39. The summed E-state index contributed by atoms with van der Waals surface area (Å²) in [5.41, 5.74) is -0.300. The highest BCUT2D eigenvalue weighted by Gasteiger charge is 2.16. The normalized spacial score (nSPS) is 12.4. The lowest BCUT2D eigenvalue weighted by atomic mass is 10.00. The highest BCUT2D eigenvalue weighted by atomic mass is 19.1. The van der Waals surface area contributed by atoms with Gasteiger partial charge < -0.3 is 5.11 Å². The van der Waals surface area contributed by atoms with Crippen molar-refractivity contribution in [2.45, 2.75) is 18.9 Å². The minimum absolute atomic E-state index is 0.0331. The highest BCUT2D eigenvalue weighted by Crippen LogP contribution is 2.17. The molecule has 1 N–H and O–H groups in total. The standard InChI is InChI=1S/C15H12F4O/c16-10-4-5-13(17)9(6-10)7-11(20)8-12-14(18)2-1-3-15(12)19/h1-6,11,20H,7-8H2. The quantitative estimate of drug-likeness (QED) is 0.853. The third kappa shape index (κ3) is 3.36. The maximum Gasteiger partial charge on any atom is 0.129 e. The summed E-state index contributed by atoms with van der Waals surface area (Å²) in [5, 5.41) is 9.80. The zero-order valence-corrected chi connectivity index (χ0v) is 10.4. The van der Waals surface area contributed by atoms with Gasteiger partial charge in [0.05, 0.1) is 6.10 Å². The number of hydrogen-bond donors (Lipinski definition) is 1. The van der Waals surface area contributed by atoms with Crippen LogP contribution in [0.1, 0.15) is 11.1 Å². The number of rotatable bonds is 4. The SMILES string of the molecule is OC(Cc1cc(F)ccc1F)Cc1c(F)cccc1F. The van der Waals surface area contributed by atoms with Gasteiger partial charge in [0.2, 0.25) is 0 Å². The van der Waals surface area contributed by atoms with E-state index in [1.54, 1.807) is 0 Å². The summed E-state index contributed by atoms with van der Waals surface area (Å²) in [7, 11) is 0. The number of aliphatic hydroxyl groups excluding tert-OH is 1. The molecule has 1 unspecified atom stereocenters. The first-order valence-electron chi connectivity index (χ1n) is 6.02. The minimum atomic E-state index is -1.21. The monoisotopic (exact) mass is 284 g/mol. The zero-order chi connectivity index (χ0) is 14.7. The Bertz CT molecular complexity index is 593. The first-order valence-corrected chi connectivity index (χ1v) is 6.02. The number of hydrogen-bond acceptors (Lipinski definition) is 1. The van der Waals surface area contributed by atoms with Crippen LogP contribution in [-0.2, 0) is 12.8 Å². The molecule has 20 heavy (non-hydrogen) atoms.